The number of fused-ring (bicyclic) bond motifs is 1. The van der Waals surface area contributed by atoms with Crippen LogP contribution in [0.2, 0.25) is 0 Å². The number of nitrogens with one attached hydrogen (secondary N) is 2. The lowest BCUT2D eigenvalue weighted by molar-refractivity contribution is -0.122. The first-order chi connectivity index (χ1) is 10.6. The van der Waals surface area contributed by atoms with Gasteiger partial charge in [-0.15, -0.1) is 12.4 Å². The minimum Gasteiger partial charge on any atom is -0.478 e. The van der Waals surface area contributed by atoms with Crippen molar-refractivity contribution in [3.63, 3.8) is 0 Å². The first-order valence-corrected chi connectivity index (χ1v) is 7.67. The molecule has 2 heterocycles. The standard InChI is InChI=1S/C16H21N3O3.ClH/c1-10-15(20)18-13-7-3-6-12(14(13)22-10)16(21)19-8-4-5-11(9-19)17-2;/h3,6-7,10-11,17H,4-5,8-9H2,1-2H3,(H,18,20);1H. The van der Waals surface area contributed by atoms with Crippen LogP contribution in [-0.4, -0.2) is 49.0 Å². The molecular weight excluding hydrogens is 318 g/mol. The number of likely N-dealkylation sites (N-methyl/N-ethyl adjacent to an activating group) is 1. The lowest BCUT2D eigenvalue weighted by atomic mass is 10.0. The highest BCUT2D eigenvalue weighted by atomic mass is 35.5. The third kappa shape index (κ3) is 3.43. The fourth-order valence-electron chi connectivity index (χ4n) is 2.96. The second kappa shape index (κ2) is 7.19. The van der Waals surface area contributed by atoms with Gasteiger partial charge in [0.05, 0.1) is 11.3 Å². The first-order valence-electron chi connectivity index (χ1n) is 7.67. The molecule has 7 heteroatoms. The Bertz CT molecular complexity index is 608. The summed E-state index contributed by atoms with van der Waals surface area (Å²) >= 11 is 0. The number of benzene rings is 1. The van der Waals surface area contributed by atoms with Crippen LogP contribution in [0.4, 0.5) is 5.69 Å². The van der Waals surface area contributed by atoms with Crippen LogP contribution in [0.25, 0.3) is 0 Å². The highest BCUT2D eigenvalue weighted by molar-refractivity contribution is 6.04. The van der Waals surface area contributed by atoms with E-state index in [0.717, 1.165) is 19.4 Å². The van der Waals surface area contributed by atoms with Crippen molar-refractivity contribution in [1.82, 2.24) is 10.2 Å². The van der Waals surface area contributed by atoms with Gasteiger partial charge in [-0.3, -0.25) is 9.59 Å². The van der Waals surface area contributed by atoms with Crippen molar-refractivity contribution in [2.24, 2.45) is 0 Å². The van der Waals surface area contributed by atoms with Crippen molar-refractivity contribution in [3.8, 4) is 5.75 Å². The summed E-state index contributed by atoms with van der Waals surface area (Å²) in [6.07, 6.45) is 1.48. The molecule has 6 nitrogen and oxygen atoms in total. The summed E-state index contributed by atoms with van der Waals surface area (Å²) in [7, 11) is 1.92. The fraction of sp³-hybridized carbons (Fsp3) is 0.500. The monoisotopic (exact) mass is 339 g/mol. The number of ether oxygens (including phenoxy) is 1. The summed E-state index contributed by atoms with van der Waals surface area (Å²) < 4.78 is 5.67. The Morgan fingerprint density at radius 2 is 2.22 bits per heavy atom. The molecule has 1 fully saturated rings. The van der Waals surface area contributed by atoms with E-state index < -0.39 is 6.10 Å². The predicted molar refractivity (Wildman–Crippen MR) is 90.4 cm³/mol. The van der Waals surface area contributed by atoms with E-state index in [0.29, 0.717) is 29.6 Å². The maximum absolute atomic E-state index is 12.8. The molecular formula is C16H22ClN3O3. The van der Waals surface area contributed by atoms with E-state index >= 15 is 0 Å². The van der Waals surface area contributed by atoms with Gasteiger partial charge in [-0.25, -0.2) is 0 Å². The number of carbonyl (C=O) groups is 2. The number of piperidine rings is 1. The number of likely N-dealkylation sites (tertiary alicyclic amines) is 1. The van der Waals surface area contributed by atoms with Gasteiger partial charge in [-0.05, 0) is 38.9 Å². The van der Waals surface area contributed by atoms with Gasteiger partial charge in [0, 0.05) is 19.1 Å². The molecule has 1 aromatic carbocycles. The quantitative estimate of drug-likeness (QED) is 0.859. The Hall–Kier alpha value is -1.79. The molecule has 126 valence electrons. The van der Waals surface area contributed by atoms with E-state index in [4.69, 9.17) is 4.74 Å². The van der Waals surface area contributed by atoms with Gasteiger partial charge in [-0.2, -0.15) is 0 Å². The average Bonchev–Trinajstić information content (AvgIpc) is 2.55. The van der Waals surface area contributed by atoms with Gasteiger partial charge in [0.2, 0.25) is 0 Å². The maximum Gasteiger partial charge on any atom is 0.265 e. The molecule has 2 aliphatic rings. The van der Waals surface area contributed by atoms with Crippen LogP contribution in [0.5, 0.6) is 5.75 Å². The normalized spacial score (nSPS) is 23.2. The zero-order valence-corrected chi connectivity index (χ0v) is 14.1. The van der Waals surface area contributed by atoms with Crippen LogP contribution in [0.15, 0.2) is 18.2 Å². The van der Waals surface area contributed by atoms with Crippen molar-refractivity contribution >= 4 is 29.9 Å². The van der Waals surface area contributed by atoms with Crippen LogP contribution >= 0.6 is 12.4 Å². The van der Waals surface area contributed by atoms with E-state index in [1.165, 1.54) is 0 Å². The van der Waals surface area contributed by atoms with Gasteiger partial charge in [-0.1, -0.05) is 6.07 Å². The summed E-state index contributed by atoms with van der Waals surface area (Å²) in [6.45, 7) is 3.13. The zero-order valence-electron chi connectivity index (χ0n) is 13.3. The van der Waals surface area contributed by atoms with Crippen LogP contribution in [0.1, 0.15) is 30.1 Å². The van der Waals surface area contributed by atoms with E-state index in [2.05, 4.69) is 10.6 Å². The number of rotatable bonds is 2. The third-order valence-electron chi connectivity index (χ3n) is 4.28. The second-order valence-corrected chi connectivity index (χ2v) is 5.81. The van der Waals surface area contributed by atoms with Crippen molar-refractivity contribution in [3.05, 3.63) is 23.8 Å². The molecule has 1 aromatic rings. The second-order valence-electron chi connectivity index (χ2n) is 5.81. The van der Waals surface area contributed by atoms with E-state index in [9.17, 15) is 9.59 Å². The number of hydrogen-bond donors (Lipinski definition) is 2. The summed E-state index contributed by atoms with van der Waals surface area (Å²) in [6, 6.07) is 5.61. The summed E-state index contributed by atoms with van der Waals surface area (Å²) in [5.41, 5.74) is 1.08. The molecule has 2 aliphatic heterocycles. The van der Waals surface area contributed by atoms with Gasteiger partial charge in [0.25, 0.3) is 11.8 Å². The van der Waals surface area contributed by atoms with Gasteiger partial charge < -0.3 is 20.3 Å². The van der Waals surface area contributed by atoms with Crippen molar-refractivity contribution in [2.75, 3.05) is 25.5 Å². The van der Waals surface area contributed by atoms with Crippen molar-refractivity contribution in [1.29, 1.82) is 0 Å². The largest absolute Gasteiger partial charge is 0.478 e. The highest BCUT2D eigenvalue weighted by Gasteiger charge is 2.30. The Morgan fingerprint density at radius 3 is 2.96 bits per heavy atom. The molecule has 2 amide bonds. The summed E-state index contributed by atoms with van der Waals surface area (Å²) in [5, 5.41) is 6.01. The molecule has 0 saturated carbocycles. The first kappa shape index (κ1) is 17.6. The van der Waals surface area contributed by atoms with Gasteiger partial charge in [0.1, 0.15) is 0 Å². The lowest BCUT2D eigenvalue weighted by Gasteiger charge is -2.33. The molecule has 23 heavy (non-hydrogen) atoms. The van der Waals surface area contributed by atoms with Crippen molar-refractivity contribution in [2.45, 2.75) is 31.9 Å². The molecule has 1 saturated heterocycles. The SMILES string of the molecule is CNC1CCCN(C(=O)c2cccc3c2OC(C)C(=O)N3)C1.Cl. The maximum atomic E-state index is 12.8. The number of hydrogen-bond acceptors (Lipinski definition) is 4. The Kier molecular flexibility index (Phi) is 5.49. The van der Waals surface area contributed by atoms with Crippen LogP contribution in [-0.2, 0) is 4.79 Å². The summed E-state index contributed by atoms with van der Waals surface area (Å²) in [5.74, 6) is 0.247. The van der Waals surface area contributed by atoms with Crippen LogP contribution in [0, 0.1) is 0 Å². The lowest BCUT2D eigenvalue weighted by Crippen LogP contribution is -2.47. The summed E-state index contributed by atoms with van der Waals surface area (Å²) in [4.78, 5) is 26.4. The topological polar surface area (TPSA) is 70.7 Å². The van der Waals surface area contributed by atoms with Crippen LogP contribution < -0.4 is 15.4 Å². The van der Waals surface area contributed by atoms with Gasteiger partial charge >= 0.3 is 0 Å². The van der Waals surface area contributed by atoms with E-state index in [1.807, 2.05) is 11.9 Å². The molecule has 0 aliphatic carbocycles. The minimum absolute atomic E-state index is 0. The number of nitrogens with zero attached hydrogens (tertiary/aromatic N) is 1. The fourth-order valence-corrected chi connectivity index (χ4v) is 2.96. The molecule has 2 atom stereocenters. The molecule has 0 aromatic heterocycles. The van der Waals surface area contributed by atoms with Crippen molar-refractivity contribution < 1.29 is 14.3 Å². The molecule has 2 unspecified atom stereocenters. The smallest absolute Gasteiger partial charge is 0.265 e. The molecule has 0 spiro atoms. The van der Waals surface area contributed by atoms with E-state index in [-0.39, 0.29) is 24.2 Å². The number of anilines is 1. The highest BCUT2D eigenvalue weighted by Crippen LogP contribution is 2.34. The zero-order chi connectivity index (χ0) is 15.7. The number of amides is 2. The number of para-hydroxylation sites is 1. The molecule has 0 bridgehead atoms. The minimum atomic E-state index is -0.590. The van der Waals surface area contributed by atoms with Crippen LogP contribution in [0.3, 0.4) is 0 Å². The Labute approximate surface area is 142 Å². The van der Waals surface area contributed by atoms with Gasteiger partial charge in [0.15, 0.2) is 11.9 Å². The Morgan fingerprint density at radius 1 is 1.43 bits per heavy atom. The Balaban J connectivity index is 0.00000192. The third-order valence-corrected chi connectivity index (χ3v) is 4.28. The number of carbonyl (C=O) groups excluding carboxylic acids is 2. The average molecular weight is 340 g/mol. The van der Waals surface area contributed by atoms with E-state index in [1.54, 1.807) is 25.1 Å². The number of halogens is 1. The molecule has 3 rings (SSSR count). The predicted octanol–water partition coefficient (Wildman–Crippen LogP) is 1.65. The molecule has 0 radical (unpaired) electrons. The molecule has 2 N–H and O–H groups in total.